The summed E-state index contributed by atoms with van der Waals surface area (Å²) in [6, 6.07) is 9.52. The molecular formula is C15H17N3O3. The molecule has 21 heavy (non-hydrogen) atoms. The molecule has 6 nitrogen and oxygen atoms in total. The summed E-state index contributed by atoms with van der Waals surface area (Å²) < 4.78 is 1.65. The van der Waals surface area contributed by atoms with Crippen LogP contribution in [0.2, 0.25) is 0 Å². The molecule has 2 rings (SSSR count). The molecule has 1 heterocycles. The lowest BCUT2D eigenvalue weighted by atomic mass is 10.2. The second-order valence-electron chi connectivity index (χ2n) is 4.66. The first-order valence-electron chi connectivity index (χ1n) is 6.69. The maximum absolute atomic E-state index is 12.0. The van der Waals surface area contributed by atoms with Crippen LogP contribution in [0.15, 0.2) is 36.5 Å². The van der Waals surface area contributed by atoms with Crippen LogP contribution in [0.4, 0.5) is 0 Å². The van der Waals surface area contributed by atoms with E-state index < -0.39 is 5.97 Å². The molecule has 0 radical (unpaired) electrons. The van der Waals surface area contributed by atoms with Crippen LogP contribution in [0.25, 0.3) is 5.69 Å². The zero-order valence-corrected chi connectivity index (χ0v) is 11.7. The van der Waals surface area contributed by atoms with Crippen molar-refractivity contribution in [2.45, 2.75) is 19.8 Å². The molecule has 6 heteroatoms. The SMILES string of the molecule is Cc1nn(-c2ccccc2)cc1C(=O)NCCCC(=O)O. The first-order valence-corrected chi connectivity index (χ1v) is 6.69. The first-order chi connectivity index (χ1) is 10.1. The number of carboxylic acids is 1. The smallest absolute Gasteiger partial charge is 0.303 e. The van der Waals surface area contributed by atoms with Crippen LogP contribution in [0.5, 0.6) is 0 Å². The summed E-state index contributed by atoms with van der Waals surface area (Å²) in [5.41, 5.74) is 2.01. The number of aliphatic carboxylic acids is 1. The van der Waals surface area contributed by atoms with Gasteiger partial charge in [0, 0.05) is 19.2 Å². The number of nitrogens with zero attached hydrogens (tertiary/aromatic N) is 2. The molecule has 1 aromatic heterocycles. The minimum Gasteiger partial charge on any atom is -0.481 e. The van der Waals surface area contributed by atoms with Gasteiger partial charge in [0.05, 0.1) is 16.9 Å². The number of aromatic nitrogens is 2. The van der Waals surface area contributed by atoms with Gasteiger partial charge in [-0.25, -0.2) is 4.68 Å². The van der Waals surface area contributed by atoms with Gasteiger partial charge in [-0.3, -0.25) is 9.59 Å². The summed E-state index contributed by atoms with van der Waals surface area (Å²) in [6.07, 6.45) is 2.13. The molecule has 0 atom stereocenters. The molecule has 0 aliphatic heterocycles. The quantitative estimate of drug-likeness (QED) is 0.793. The third-order valence-electron chi connectivity index (χ3n) is 3.02. The van der Waals surface area contributed by atoms with E-state index in [0.29, 0.717) is 24.2 Å². The van der Waals surface area contributed by atoms with Crippen molar-refractivity contribution in [2.24, 2.45) is 0 Å². The number of amides is 1. The van der Waals surface area contributed by atoms with Crippen molar-refractivity contribution in [3.63, 3.8) is 0 Å². The Kier molecular flexibility index (Phi) is 4.71. The predicted octanol–water partition coefficient (Wildman–Crippen LogP) is 1.78. The number of rotatable bonds is 6. The minimum absolute atomic E-state index is 0.0442. The van der Waals surface area contributed by atoms with Gasteiger partial charge < -0.3 is 10.4 Å². The van der Waals surface area contributed by atoms with E-state index in [0.717, 1.165) is 5.69 Å². The van der Waals surface area contributed by atoms with Crippen molar-refractivity contribution < 1.29 is 14.7 Å². The monoisotopic (exact) mass is 287 g/mol. The second-order valence-corrected chi connectivity index (χ2v) is 4.66. The lowest BCUT2D eigenvalue weighted by Gasteiger charge is -2.02. The number of carbonyl (C=O) groups is 2. The van der Waals surface area contributed by atoms with Crippen LogP contribution in [-0.2, 0) is 4.79 Å². The van der Waals surface area contributed by atoms with Gasteiger partial charge in [-0.15, -0.1) is 0 Å². The van der Waals surface area contributed by atoms with Gasteiger partial charge in [-0.1, -0.05) is 18.2 Å². The number of para-hydroxylation sites is 1. The third kappa shape index (κ3) is 3.92. The maximum atomic E-state index is 12.0. The minimum atomic E-state index is -0.864. The summed E-state index contributed by atoms with van der Waals surface area (Å²) in [7, 11) is 0. The number of benzene rings is 1. The Morgan fingerprint density at radius 3 is 2.67 bits per heavy atom. The molecule has 0 saturated heterocycles. The van der Waals surface area contributed by atoms with Crippen molar-refractivity contribution in [3.05, 3.63) is 47.8 Å². The molecule has 1 amide bonds. The predicted molar refractivity (Wildman–Crippen MR) is 77.5 cm³/mol. The zero-order chi connectivity index (χ0) is 15.2. The van der Waals surface area contributed by atoms with Crippen LogP contribution in [0.3, 0.4) is 0 Å². The highest BCUT2D eigenvalue weighted by Crippen LogP contribution is 2.11. The topological polar surface area (TPSA) is 84.2 Å². The molecule has 0 bridgehead atoms. The van der Waals surface area contributed by atoms with E-state index in [2.05, 4.69) is 10.4 Å². The molecule has 0 fully saturated rings. The molecule has 0 unspecified atom stereocenters. The van der Waals surface area contributed by atoms with E-state index in [1.165, 1.54) is 0 Å². The largest absolute Gasteiger partial charge is 0.481 e. The van der Waals surface area contributed by atoms with E-state index in [-0.39, 0.29) is 12.3 Å². The number of carbonyl (C=O) groups excluding carboxylic acids is 1. The van der Waals surface area contributed by atoms with Crippen molar-refractivity contribution >= 4 is 11.9 Å². The molecule has 0 spiro atoms. The second kappa shape index (κ2) is 6.69. The van der Waals surface area contributed by atoms with Crippen molar-refractivity contribution in [3.8, 4) is 5.69 Å². The Bertz CT molecular complexity index is 635. The first kappa shape index (κ1) is 14.8. The molecule has 1 aromatic carbocycles. The fourth-order valence-corrected chi connectivity index (χ4v) is 1.93. The van der Waals surface area contributed by atoms with E-state index >= 15 is 0 Å². The van der Waals surface area contributed by atoms with E-state index in [4.69, 9.17) is 5.11 Å². The summed E-state index contributed by atoms with van der Waals surface area (Å²) in [5.74, 6) is -1.10. The summed E-state index contributed by atoms with van der Waals surface area (Å²) in [6.45, 7) is 2.10. The van der Waals surface area contributed by atoms with Gasteiger partial charge in [-0.05, 0) is 25.5 Å². The Hall–Kier alpha value is -2.63. The average molecular weight is 287 g/mol. The summed E-state index contributed by atoms with van der Waals surface area (Å²) in [5, 5.41) is 15.6. The fourth-order valence-electron chi connectivity index (χ4n) is 1.93. The van der Waals surface area contributed by atoms with Crippen molar-refractivity contribution in [1.82, 2.24) is 15.1 Å². The van der Waals surface area contributed by atoms with Gasteiger partial charge in [0.25, 0.3) is 5.91 Å². The van der Waals surface area contributed by atoms with E-state index in [1.807, 2.05) is 30.3 Å². The lowest BCUT2D eigenvalue weighted by Crippen LogP contribution is -2.25. The number of hydrogen-bond acceptors (Lipinski definition) is 3. The fraction of sp³-hybridized carbons (Fsp3) is 0.267. The molecular weight excluding hydrogens is 270 g/mol. The highest BCUT2D eigenvalue weighted by molar-refractivity contribution is 5.95. The van der Waals surface area contributed by atoms with Crippen LogP contribution >= 0.6 is 0 Å². The lowest BCUT2D eigenvalue weighted by molar-refractivity contribution is -0.137. The molecule has 2 N–H and O–H groups in total. The van der Waals surface area contributed by atoms with Gasteiger partial charge >= 0.3 is 5.97 Å². The zero-order valence-electron chi connectivity index (χ0n) is 11.7. The van der Waals surface area contributed by atoms with Crippen molar-refractivity contribution in [1.29, 1.82) is 0 Å². The van der Waals surface area contributed by atoms with Gasteiger partial charge in [0.2, 0.25) is 0 Å². The van der Waals surface area contributed by atoms with Crippen LogP contribution in [0, 0.1) is 6.92 Å². The summed E-state index contributed by atoms with van der Waals surface area (Å²) >= 11 is 0. The molecule has 0 saturated carbocycles. The van der Waals surface area contributed by atoms with Gasteiger partial charge in [-0.2, -0.15) is 5.10 Å². The molecule has 110 valence electrons. The standard InChI is InChI=1S/C15H17N3O3/c1-11-13(15(21)16-9-5-8-14(19)20)10-18(17-11)12-6-3-2-4-7-12/h2-4,6-7,10H,5,8-9H2,1H3,(H,16,21)(H,19,20). The Morgan fingerprint density at radius 2 is 2.00 bits per heavy atom. The van der Waals surface area contributed by atoms with Crippen LogP contribution in [-0.4, -0.2) is 33.3 Å². The Labute approximate surface area is 122 Å². The third-order valence-corrected chi connectivity index (χ3v) is 3.02. The molecule has 0 aliphatic rings. The van der Waals surface area contributed by atoms with Crippen LogP contribution < -0.4 is 5.32 Å². The van der Waals surface area contributed by atoms with E-state index in [9.17, 15) is 9.59 Å². The average Bonchev–Trinajstić information content (AvgIpc) is 2.86. The highest BCUT2D eigenvalue weighted by atomic mass is 16.4. The normalized spacial score (nSPS) is 10.3. The maximum Gasteiger partial charge on any atom is 0.303 e. The van der Waals surface area contributed by atoms with Crippen LogP contribution in [0.1, 0.15) is 28.9 Å². The summed E-state index contributed by atoms with van der Waals surface area (Å²) in [4.78, 5) is 22.4. The highest BCUT2D eigenvalue weighted by Gasteiger charge is 2.13. The Balaban J connectivity index is 2.02. The van der Waals surface area contributed by atoms with Gasteiger partial charge in [0.15, 0.2) is 0 Å². The molecule has 2 aromatic rings. The number of carboxylic acid groups (broad SMARTS) is 1. The number of hydrogen-bond donors (Lipinski definition) is 2. The molecule has 0 aliphatic carbocycles. The number of nitrogens with one attached hydrogen (secondary N) is 1. The number of aryl methyl sites for hydroxylation is 1. The van der Waals surface area contributed by atoms with Crippen molar-refractivity contribution in [2.75, 3.05) is 6.54 Å². The van der Waals surface area contributed by atoms with Gasteiger partial charge in [0.1, 0.15) is 0 Å². The van der Waals surface area contributed by atoms with E-state index in [1.54, 1.807) is 17.8 Å². The Morgan fingerprint density at radius 1 is 1.29 bits per heavy atom.